The molecule has 2 rings (SSSR count). The van der Waals surface area contributed by atoms with Crippen molar-refractivity contribution in [2.24, 2.45) is 0 Å². The Balaban J connectivity index is 1.77. The van der Waals surface area contributed by atoms with Crippen LogP contribution < -0.4 is 10.1 Å². The van der Waals surface area contributed by atoms with Crippen LogP contribution >= 0.6 is 0 Å². The molecule has 1 saturated carbocycles. The van der Waals surface area contributed by atoms with Crippen LogP contribution in [0.15, 0.2) is 18.3 Å². The standard InChI is InChI=1S/C15H24N2O2/c1-15(2,18-3)7-9-19-14-6-8-16-13(10-14)11-17-12-4-5-12/h6,8,10,12,17H,4-5,7,9,11H2,1-3H3. The summed E-state index contributed by atoms with van der Waals surface area (Å²) in [5.74, 6) is 0.884. The summed E-state index contributed by atoms with van der Waals surface area (Å²) >= 11 is 0. The van der Waals surface area contributed by atoms with Gasteiger partial charge in [-0.1, -0.05) is 0 Å². The van der Waals surface area contributed by atoms with Crippen molar-refractivity contribution in [3.63, 3.8) is 0 Å². The Labute approximate surface area is 115 Å². The van der Waals surface area contributed by atoms with Crippen molar-refractivity contribution in [2.75, 3.05) is 13.7 Å². The molecule has 0 bridgehead atoms. The summed E-state index contributed by atoms with van der Waals surface area (Å²) in [6, 6.07) is 4.61. The monoisotopic (exact) mass is 264 g/mol. The molecule has 0 aromatic carbocycles. The highest BCUT2D eigenvalue weighted by molar-refractivity contribution is 5.22. The molecule has 0 spiro atoms. The second-order valence-electron chi connectivity index (χ2n) is 5.70. The van der Waals surface area contributed by atoms with Crippen LogP contribution in [0.2, 0.25) is 0 Å². The van der Waals surface area contributed by atoms with E-state index in [1.165, 1.54) is 12.8 Å². The average molecular weight is 264 g/mol. The summed E-state index contributed by atoms with van der Waals surface area (Å²) in [6.45, 7) is 5.60. The van der Waals surface area contributed by atoms with Crippen molar-refractivity contribution >= 4 is 0 Å². The van der Waals surface area contributed by atoms with Crippen molar-refractivity contribution in [1.29, 1.82) is 0 Å². The molecule has 0 saturated heterocycles. The Morgan fingerprint density at radius 3 is 2.89 bits per heavy atom. The third-order valence-corrected chi connectivity index (χ3v) is 3.46. The number of nitrogens with zero attached hydrogens (tertiary/aromatic N) is 1. The van der Waals surface area contributed by atoms with Gasteiger partial charge in [0.25, 0.3) is 0 Å². The summed E-state index contributed by atoms with van der Waals surface area (Å²) in [7, 11) is 1.73. The molecule has 0 aliphatic heterocycles. The minimum absolute atomic E-state index is 0.136. The normalized spacial score (nSPS) is 15.5. The van der Waals surface area contributed by atoms with E-state index in [1.54, 1.807) is 13.3 Å². The van der Waals surface area contributed by atoms with Crippen molar-refractivity contribution < 1.29 is 9.47 Å². The molecule has 0 amide bonds. The van der Waals surface area contributed by atoms with Gasteiger partial charge in [-0.3, -0.25) is 4.98 Å². The van der Waals surface area contributed by atoms with E-state index in [9.17, 15) is 0 Å². The smallest absolute Gasteiger partial charge is 0.122 e. The van der Waals surface area contributed by atoms with E-state index >= 15 is 0 Å². The number of hydrogen-bond donors (Lipinski definition) is 1. The van der Waals surface area contributed by atoms with E-state index in [2.05, 4.69) is 24.1 Å². The Hall–Kier alpha value is -1.13. The highest BCUT2D eigenvalue weighted by atomic mass is 16.5. The fourth-order valence-corrected chi connectivity index (χ4v) is 1.70. The second-order valence-corrected chi connectivity index (χ2v) is 5.70. The maximum absolute atomic E-state index is 5.76. The first-order chi connectivity index (χ1) is 9.09. The molecule has 0 atom stereocenters. The van der Waals surface area contributed by atoms with Crippen LogP contribution in [0.5, 0.6) is 5.75 Å². The average Bonchev–Trinajstić information content (AvgIpc) is 3.21. The summed E-state index contributed by atoms with van der Waals surface area (Å²) in [6.07, 6.45) is 5.26. The van der Waals surface area contributed by atoms with Crippen molar-refractivity contribution in [1.82, 2.24) is 10.3 Å². The first-order valence-corrected chi connectivity index (χ1v) is 6.95. The summed E-state index contributed by atoms with van der Waals surface area (Å²) < 4.78 is 11.1. The lowest BCUT2D eigenvalue weighted by atomic mass is 10.1. The quantitative estimate of drug-likeness (QED) is 0.783. The minimum Gasteiger partial charge on any atom is -0.493 e. The van der Waals surface area contributed by atoms with Crippen molar-refractivity contribution in [2.45, 2.75) is 51.3 Å². The number of aromatic nitrogens is 1. The number of methoxy groups -OCH3 is 1. The number of hydrogen-bond acceptors (Lipinski definition) is 4. The second kappa shape index (κ2) is 6.35. The maximum atomic E-state index is 5.76. The molecule has 1 N–H and O–H groups in total. The SMILES string of the molecule is COC(C)(C)CCOc1ccnc(CNC2CC2)c1. The van der Waals surface area contributed by atoms with Crippen LogP contribution in [0.1, 0.15) is 38.8 Å². The predicted octanol–water partition coefficient (Wildman–Crippen LogP) is 2.53. The van der Waals surface area contributed by atoms with E-state index in [1.807, 2.05) is 12.1 Å². The number of rotatable bonds is 8. The molecule has 0 radical (unpaired) electrons. The molecule has 1 aromatic rings. The molecular weight excluding hydrogens is 240 g/mol. The van der Waals surface area contributed by atoms with Crippen molar-refractivity contribution in [3.8, 4) is 5.75 Å². The largest absolute Gasteiger partial charge is 0.493 e. The van der Waals surface area contributed by atoms with Crippen molar-refractivity contribution in [3.05, 3.63) is 24.0 Å². The Morgan fingerprint density at radius 2 is 2.21 bits per heavy atom. The third-order valence-electron chi connectivity index (χ3n) is 3.46. The number of pyridine rings is 1. The van der Waals surface area contributed by atoms with Gasteiger partial charge in [-0.15, -0.1) is 0 Å². The highest BCUT2D eigenvalue weighted by Crippen LogP contribution is 2.20. The molecule has 0 unspecified atom stereocenters. The molecule has 1 heterocycles. The molecule has 1 aliphatic carbocycles. The van der Waals surface area contributed by atoms with Gasteiger partial charge in [0.05, 0.1) is 17.9 Å². The minimum atomic E-state index is -0.136. The molecular formula is C15H24N2O2. The van der Waals surface area contributed by atoms with Crippen LogP contribution in [0.4, 0.5) is 0 Å². The molecule has 19 heavy (non-hydrogen) atoms. The first-order valence-electron chi connectivity index (χ1n) is 6.95. The molecule has 1 fully saturated rings. The van der Waals surface area contributed by atoms with Gasteiger partial charge in [0, 0.05) is 38.4 Å². The van der Waals surface area contributed by atoms with Gasteiger partial charge in [0.15, 0.2) is 0 Å². The zero-order valence-corrected chi connectivity index (χ0v) is 12.1. The van der Waals surface area contributed by atoms with E-state index in [4.69, 9.17) is 9.47 Å². The van der Waals surface area contributed by atoms with E-state index in [0.717, 1.165) is 24.4 Å². The molecule has 4 nitrogen and oxygen atoms in total. The molecule has 106 valence electrons. The van der Waals surface area contributed by atoms with E-state index in [-0.39, 0.29) is 5.60 Å². The number of ether oxygens (including phenoxy) is 2. The van der Waals surface area contributed by atoms with Gasteiger partial charge in [0.1, 0.15) is 5.75 Å². The zero-order chi connectivity index (χ0) is 13.7. The van der Waals surface area contributed by atoms with E-state index < -0.39 is 0 Å². The lowest BCUT2D eigenvalue weighted by Crippen LogP contribution is -2.25. The fraction of sp³-hybridized carbons (Fsp3) is 0.667. The first kappa shape index (κ1) is 14.3. The third kappa shape index (κ3) is 5.17. The Kier molecular flexibility index (Phi) is 4.77. The molecule has 1 aliphatic rings. The number of nitrogens with one attached hydrogen (secondary N) is 1. The van der Waals surface area contributed by atoms with Crippen LogP contribution in [0, 0.1) is 0 Å². The molecule has 4 heteroatoms. The lowest BCUT2D eigenvalue weighted by Gasteiger charge is -2.22. The fourth-order valence-electron chi connectivity index (χ4n) is 1.70. The predicted molar refractivity (Wildman–Crippen MR) is 75.3 cm³/mol. The zero-order valence-electron chi connectivity index (χ0n) is 12.1. The van der Waals surface area contributed by atoms with Gasteiger partial charge in [0.2, 0.25) is 0 Å². The van der Waals surface area contributed by atoms with Crippen LogP contribution in [0.25, 0.3) is 0 Å². The van der Waals surface area contributed by atoms with Crippen LogP contribution in [-0.4, -0.2) is 30.3 Å². The summed E-state index contributed by atoms with van der Waals surface area (Å²) in [5, 5.41) is 3.45. The van der Waals surface area contributed by atoms with Gasteiger partial charge in [-0.05, 0) is 32.8 Å². The van der Waals surface area contributed by atoms with Gasteiger partial charge < -0.3 is 14.8 Å². The van der Waals surface area contributed by atoms with Gasteiger partial charge >= 0.3 is 0 Å². The topological polar surface area (TPSA) is 43.4 Å². The van der Waals surface area contributed by atoms with Crippen LogP contribution in [0.3, 0.4) is 0 Å². The van der Waals surface area contributed by atoms with Crippen LogP contribution in [-0.2, 0) is 11.3 Å². The van der Waals surface area contributed by atoms with Gasteiger partial charge in [-0.2, -0.15) is 0 Å². The Morgan fingerprint density at radius 1 is 1.42 bits per heavy atom. The van der Waals surface area contributed by atoms with Gasteiger partial charge in [-0.25, -0.2) is 0 Å². The molecule has 1 aromatic heterocycles. The summed E-state index contributed by atoms with van der Waals surface area (Å²) in [5.41, 5.74) is 0.902. The summed E-state index contributed by atoms with van der Waals surface area (Å²) in [4.78, 5) is 4.34. The Bertz CT molecular complexity index is 403. The lowest BCUT2D eigenvalue weighted by molar-refractivity contribution is 0.00544. The van der Waals surface area contributed by atoms with E-state index in [0.29, 0.717) is 12.6 Å². The highest BCUT2D eigenvalue weighted by Gasteiger charge is 2.20. The maximum Gasteiger partial charge on any atom is 0.122 e.